The molecule has 110 valence electrons. The number of aromatic nitrogens is 2. The molecule has 2 aromatic rings. The summed E-state index contributed by atoms with van der Waals surface area (Å²) < 4.78 is 6.13. The molecule has 6 nitrogen and oxygen atoms in total. The zero-order chi connectivity index (χ0) is 15.6. The number of hydrogen-bond acceptors (Lipinski definition) is 5. The molecular weight excluding hydrogens is 272 g/mol. The average molecular weight is 288 g/mol. The normalized spacial score (nSPS) is 10.6. The second kappa shape index (κ2) is 5.78. The monoisotopic (exact) mass is 288 g/mol. The Morgan fingerprint density at radius 3 is 2.86 bits per heavy atom. The maximum absolute atomic E-state index is 12.4. The van der Waals surface area contributed by atoms with Crippen LogP contribution in [0.5, 0.6) is 5.75 Å². The predicted molar refractivity (Wildman–Crippen MR) is 78.6 cm³/mol. The van der Waals surface area contributed by atoms with Gasteiger partial charge in [0.1, 0.15) is 11.4 Å². The molecule has 0 amide bonds. The molecule has 0 aromatic carbocycles. The standard InChI is InChI=1S/C15H16N2O4/c1-4-8-17-13-10(7-6-9(3)16-13)12(18)11(14(17)19)15(20)21-5-2/h4,6-7,18H,1,5,8H2,2-3H3. The molecule has 2 heterocycles. The molecule has 0 aliphatic rings. The third-order valence-corrected chi connectivity index (χ3v) is 3.01. The Balaban J connectivity index is 2.88. The van der Waals surface area contributed by atoms with Gasteiger partial charge in [0.05, 0.1) is 12.0 Å². The molecular formula is C15H16N2O4. The maximum Gasteiger partial charge on any atom is 0.347 e. The largest absolute Gasteiger partial charge is 0.506 e. The number of fused-ring (bicyclic) bond motifs is 1. The van der Waals surface area contributed by atoms with Crippen molar-refractivity contribution in [2.24, 2.45) is 0 Å². The lowest BCUT2D eigenvalue weighted by Crippen LogP contribution is -2.28. The van der Waals surface area contributed by atoms with Gasteiger partial charge in [-0.25, -0.2) is 9.78 Å². The Kier molecular flexibility index (Phi) is 4.07. The summed E-state index contributed by atoms with van der Waals surface area (Å²) in [6.07, 6.45) is 1.52. The number of pyridine rings is 2. The number of rotatable bonds is 4. The molecule has 6 heteroatoms. The number of nitrogens with zero attached hydrogens (tertiary/aromatic N) is 2. The topological polar surface area (TPSA) is 81.4 Å². The van der Waals surface area contributed by atoms with Gasteiger partial charge in [0.2, 0.25) is 0 Å². The lowest BCUT2D eigenvalue weighted by molar-refractivity contribution is 0.0520. The maximum atomic E-state index is 12.4. The van der Waals surface area contributed by atoms with E-state index in [2.05, 4.69) is 11.6 Å². The fourth-order valence-electron chi connectivity index (χ4n) is 2.09. The first-order valence-electron chi connectivity index (χ1n) is 6.52. The SMILES string of the molecule is C=CCn1c(=O)c(C(=O)OCC)c(O)c2ccc(C)nc21. The van der Waals surface area contributed by atoms with Crippen molar-refractivity contribution in [1.29, 1.82) is 0 Å². The lowest BCUT2D eigenvalue weighted by Gasteiger charge is -2.12. The quantitative estimate of drug-likeness (QED) is 0.685. The van der Waals surface area contributed by atoms with Crippen LogP contribution in [0, 0.1) is 6.92 Å². The minimum atomic E-state index is -0.847. The van der Waals surface area contributed by atoms with E-state index in [1.807, 2.05) is 0 Å². The van der Waals surface area contributed by atoms with Crippen molar-refractivity contribution in [2.75, 3.05) is 6.61 Å². The molecule has 0 aliphatic carbocycles. The van der Waals surface area contributed by atoms with E-state index in [1.54, 1.807) is 26.0 Å². The van der Waals surface area contributed by atoms with E-state index in [0.717, 1.165) is 0 Å². The molecule has 2 aromatic heterocycles. The molecule has 0 fully saturated rings. The number of aromatic hydroxyl groups is 1. The van der Waals surface area contributed by atoms with Gasteiger partial charge in [0.25, 0.3) is 5.56 Å². The van der Waals surface area contributed by atoms with Crippen molar-refractivity contribution in [3.05, 3.63) is 46.4 Å². The Morgan fingerprint density at radius 1 is 1.52 bits per heavy atom. The highest BCUT2D eigenvalue weighted by Gasteiger charge is 2.23. The summed E-state index contributed by atoms with van der Waals surface area (Å²) in [6.45, 7) is 7.29. The van der Waals surface area contributed by atoms with Gasteiger partial charge in [0, 0.05) is 12.2 Å². The van der Waals surface area contributed by atoms with Crippen LogP contribution in [0.3, 0.4) is 0 Å². The van der Waals surface area contributed by atoms with Crippen molar-refractivity contribution in [3.63, 3.8) is 0 Å². The summed E-state index contributed by atoms with van der Waals surface area (Å²) in [5, 5.41) is 10.6. The van der Waals surface area contributed by atoms with Crippen LogP contribution in [-0.2, 0) is 11.3 Å². The van der Waals surface area contributed by atoms with Crippen molar-refractivity contribution < 1.29 is 14.6 Å². The zero-order valence-corrected chi connectivity index (χ0v) is 11.9. The van der Waals surface area contributed by atoms with Gasteiger partial charge in [0.15, 0.2) is 5.56 Å². The fourth-order valence-corrected chi connectivity index (χ4v) is 2.09. The summed E-state index contributed by atoms with van der Waals surface area (Å²) in [7, 11) is 0. The van der Waals surface area contributed by atoms with Crippen molar-refractivity contribution in [2.45, 2.75) is 20.4 Å². The summed E-state index contributed by atoms with van der Waals surface area (Å²) in [4.78, 5) is 28.6. The number of carbonyl (C=O) groups excluding carboxylic acids is 1. The van der Waals surface area contributed by atoms with Crippen LogP contribution in [0.2, 0.25) is 0 Å². The van der Waals surface area contributed by atoms with Gasteiger partial charge in [-0.2, -0.15) is 0 Å². The summed E-state index contributed by atoms with van der Waals surface area (Å²) >= 11 is 0. The second-order valence-corrected chi connectivity index (χ2v) is 4.47. The van der Waals surface area contributed by atoms with E-state index in [0.29, 0.717) is 16.7 Å². The molecule has 1 N–H and O–H groups in total. The first kappa shape index (κ1) is 14.8. The number of ether oxygens (including phenoxy) is 1. The third kappa shape index (κ3) is 2.52. The van der Waals surface area contributed by atoms with E-state index in [1.165, 1.54) is 10.6 Å². The zero-order valence-electron chi connectivity index (χ0n) is 11.9. The van der Waals surface area contributed by atoms with Crippen molar-refractivity contribution >= 4 is 17.0 Å². The van der Waals surface area contributed by atoms with Crippen LogP contribution in [0.4, 0.5) is 0 Å². The minimum Gasteiger partial charge on any atom is -0.506 e. The first-order valence-corrected chi connectivity index (χ1v) is 6.52. The summed E-state index contributed by atoms with van der Waals surface area (Å²) in [5.41, 5.74) is -0.0123. The van der Waals surface area contributed by atoms with Crippen LogP contribution >= 0.6 is 0 Å². The predicted octanol–water partition coefficient (Wildman–Crippen LogP) is 1.77. The number of carbonyl (C=O) groups is 1. The van der Waals surface area contributed by atoms with Crippen LogP contribution in [0.15, 0.2) is 29.6 Å². The summed E-state index contributed by atoms with van der Waals surface area (Å²) in [5.74, 6) is -1.25. The molecule has 0 bridgehead atoms. The molecule has 0 aliphatic heterocycles. The van der Waals surface area contributed by atoms with Crippen molar-refractivity contribution in [3.8, 4) is 5.75 Å². The highest BCUT2D eigenvalue weighted by molar-refractivity contribution is 5.98. The van der Waals surface area contributed by atoms with Gasteiger partial charge >= 0.3 is 5.97 Å². The summed E-state index contributed by atoms with van der Waals surface area (Å²) in [6, 6.07) is 3.31. The van der Waals surface area contributed by atoms with E-state index >= 15 is 0 Å². The number of hydrogen-bond donors (Lipinski definition) is 1. The van der Waals surface area contributed by atoms with Gasteiger partial charge in [-0.3, -0.25) is 9.36 Å². The average Bonchev–Trinajstić information content (AvgIpc) is 2.43. The van der Waals surface area contributed by atoms with Crippen molar-refractivity contribution in [1.82, 2.24) is 9.55 Å². The molecule has 0 unspecified atom stereocenters. The first-order chi connectivity index (χ1) is 10.0. The molecule has 0 radical (unpaired) electrons. The molecule has 21 heavy (non-hydrogen) atoms. The van der Waals surface area contributed by atoms with Crippen LogP contribution in [0.25, 0.3) is 11.0 Å². The Bertz CT molecular complexity index is 777. The van der Waals surface area contributed by atoms with Gasteiger partial charge in [-0.05, 0) is 26.0 Å². The van der Waals surface area contributed by atoms with E-state index in [-0.39, 0.29) is 18.7 Å². The number of aryl methyl sites for hydroxylation is 1. The molecule has 2 rings (SSSR count). The fraction of sp³-hybridized carbons (Fsp3) is 0.267. The number of esters is 1. The Morgan fingerprint density at radius 2 is 2.24 bits per heavy atom. The Labute approximate surface area is 121 Å². The lowest BCUT2D eigenvalue weighted by atomic mass is 10.1. The minimum absolute atomic E-state index is 0.114. The van der Waals surface area contributed by atoms with Gasteiger partial charge in [-0.1, -0.05) is 6.08 Å². The number of allylic oxidation sites excluding steroid dienone is 1. The van der Waals surface area contributed by atoms with E-state index in [4.69, 9.17) is 4.74 Å². The second-order valence-electron chi connectivity index (χ2n) is 4.47. The van der Waals surface area contributed by atoms with Crippen LogP contribution < -0.4 is 5.56 Å². The smallest absolute Gasteiger partial charge is 0.347 e. The Hall–Kier alpha value is -2.63. The van der Waals surface area contributed by atoms with E-state index < -0.39 is 17.3 Å². The third-order valence-electron chi connectivity index (χ3n) is 3.01. The highest BCUT2D eigenvalue weighted by Crippen LogP contribution is 2.26. The van der Waals surface area contributed by atoms with E-state index in [9.17, 15) is 14.7 Å². The van der Waals surface area contributed by atoms with Gasteiger partial charge < -0.3 is 9.84 Å². The highest BCUT2D eigenvalue weighted by atomic mass is 16.5. The molecule has 0 atom stereocenters. The molecule has 0 saturated heterocycles. The van der Waals surface area contributed by atoms with Gasteiger partial charge in [-0.15, -0.1) is 6.58 Å². The molecule has 0 saturated carbocycles. The van der Waals surface area contributed by atoms with Crippen LogP contribution in [0.1, 0.15) is 23.0 Å². The van der Waals surface area contributed by atoms with Crippen LogP contribution in [-0.4, -0.2) is 27.2 Å². The molecule has 0 spiro atoms.